The van der Waals surface area contributed by atoms with Crippen LogP contribution >= 0.6 is 0 Å². The van der Waals surface area contributed by atoms with E-state index in [1.807, 2.05) is 12.2 Å². The van der Waals surface area contributed by atoms with Crippen LogP contribution < -0.4 is 0 Å². The van der Waals surface area contributed by atoms with Gasteiger partial charge < -0.3 is 4.90 Å². The van der Waals surface area contributed by atoms with Crippen LogP contribution in [0.15, 0.2) is 36.2 Å². The number of halogens is 1. The third-order valence-corrected chi connectivity index (χ3v) is 3.60. The highest BCUT2D eigenvalue weighted by Crippen LogP contribution is 2.15. The molecular weight excluding hydrogens is 227 g/mol. The first-order chi connectivity index (χ1) is 8.43. The zero-order valence-electron chi connectivity index (χ0n) is 12.0. The van der Waals surface area contributed by atoms with E-state index in [1.165, 1.54) is 13.0 Å². The molecule has 0 aromatic rings. The average Bonchev–Trinajstić information content (AvgIpc) is 2.30. The van der Waals surface area contributed by atoms with Crippen LogP contribution in [0.25, 0.3) is 0 Å². The molecule has 0 N–H and O–H groups in total. The van der Waals surface area contributed by atoms with Crippen molar-refractivity contribution in [3.05, 3.63) is 36.2 Å². The number of allylic oxidation sites excluding steroid dienone is 3. The maximum absolute atomic E-state index is 12.7. The summed E-state index contributed by atoms with van der Waals surface area (Å²) >= 11 is 0. The number of nitrogens with zero attached hydrogens (tertiary/aromatic N) is 2. The van der Waals surface area contributed by atoms with Crippen LogP contribution in [0.4, 0.5) is 4.39 Å². The number of hydrogen-bond acceptors (Lipinski definition) is 2. The van der Waals surface area contributed by atoms with Crippen LogP contribution in [0.2, 0.25) is 0 Å². The molecule has 0 amide bonds. The van der Waals surface area contributed by atoms with Gasteiger partial charge in [0.2, 0.25) is 0 Å². The van der Waals surface area contributed by atoms with Crippen LogP contribution in [0.5, 0.6) is 0 Å². The first-order valence-corrected chi connectivity index (χ1v) is 6.53. The van der Waals surface area contributed by atoms with Gasteiger partial charge in [0.15, 0.2) is 0 Å². The molecule has 2 atom stereocenters. The smallest absolute Gasteiger partial charge is 0.0968 e. The van der Waals surface area contributed by atoms with E-state index in [2.05, 4.69) is 37.3 Å². The number of likely N-dealkylation sites (N-methyl/N-ethyl adjacent to an activating group) is 1. The van der Waals surface area contributed by atoms with E-state index in [-0.39, 0.29) is 5.83 Å². The van der Waals surface area contributed by atoms with E-state index >= 15 is 0 Å². The second kappa shape index (κ2) is 6.86. The van der Waals surface area contributed by atoms with Crippen molar-refractivity contribution in [2.75, 3.05) is 26.7 Å². The highest BCUT2D eigenvalue weighted by atomic mass is 19.1. The zero-order valence-corrected chi connectivity index (χ0v) is 12.0. The van der Waals surface area contributed by atoms with E-state index in [0.717, 1.165) is 25.2 Å². The molecule has 18 heavy (non-hydrogen) atoms. The lowest BCUT2D eigenvalue weighted by atomic mass is 10.1. The van der Waals surface area contributed by atoms with Crippen LogP contribution in [-0.4, -0.2) is 48.6 Å². The maximum atomic E-state index is 12.7. The molecule has 1 fully saturated rings. The Balaban J connectivity index is 2.67. The molecule has 0 aromatic carbocycles. The first-order valence-electron chi connectivity index (χ1n) is 6.53. The average molecular weight is 252 g/mol. The van der Waals surface area contributed by atoms with Crippen molar-refractivity contribution in [1.29, 1.82) is 0 Å². The minimum atomic E-state index is -0.172. The summed E-state index contributed by atoms with van der Waals surface area (Å²) in [4.78, 5) is 4.81. The molecule has 1 rings (SSSR count). The topological polar surface area (TPSA) is 6.48 Å². The molecule has 1 aliphatic rings. The normalized spacial score (nSPS) is 28.5. The van der Waals surface area contributed by atoms with Gasteiger partial charge in [0.05, 0.1) is 5.83 Å². The van der Waals surface area contributed by atoms with Gasteiger partial charge in [0.1, 0.15) is 0 Å². The van der Waals surface area contributed by atoms with Crippen molar-refractivity contribution in [2.45, 2.75) is 32.9 Å². The fourth-order valence-electron chi connectivity index (χ4n) is 2.23. The zero-order chi connectivity index (χ0) is 13.7. The van der Waals surface area contributed by atoms with Crippen LogP contribution in [0.1, 0.15) is 20.8 Å². The summed E-state index contributed by atoms with van der Waals surface area (Å²) < 4.78 is 12.7. The predicted octanol–water partition coefficient (Wildman–Crippen LogP) is 3.00. The quantitative estimate of drug-likeness (QED) is 0.710. The largest absolute Gasteiger partial charge is 0.301 e. The molecule has 102 valence electrons. The summed E-state index contributed by atoms with van der Waals surface area (Å²) in [5.41, 5.74) is 1.07. The summed E-state index contributed by atoms with van der Waals surface area (Å²) in [6, 6.07) is 1.08. The van der Waals surface area contributed by atoms with E-state index < -0.39 is 0 Å². The SMILES string of the molecule is C=C/C(=C\C=C(/C)F)CN1C[C@H](C)N(C)CC1C. The Hall–Kier alpha value is -0.930. The van der Waals surface area contributed by atoms with Crippen LogP contribution in [-0.2, 0) is 0 Å². The van der Waals surface area contributed by atoms with Gasteiger partial charge in [-0.15, -0.1) is 0 Å². The van der Waals surface area contributed by atoms with E-state index in [4.69, 9.17) is 0 Å². The molecule has 1 saturated heterocycles. The van der Waals surface area contributed by atoms with Crippen LogP contribution in [0, 0.1) is 0 Å². The summed E-state index contributed by atoms with van der Waals surface area (Å²) in [6.07, 6.45) is 5.13. The molecule has 3 heteroatoms. The molecule has 0 aromatic heterocycles. The number of piperazine rings is 1. The molecule has 0 spiro atoms. The standard InChI is InChI=1S/C15H25FN2/c1-6-15(8-7-12(2)16)11-18-10-13(3)17(5)9-14(18)4/h6-8,13-14H,1,9-11H2,2-5H3/b12-7+,15-8+/t13-,14?/m0/s1. The van der Waals surface area contributed by atoms with Gasteiger partial charge in [0, 0.05) is 31.7 Å². The van der Waals surface area contributed by atoms with Crippen molar-refractivity contribution < 1.29 is 4.39 Å². The van der Waals surface area contributed by atoms with Crippen LogP contribution in [0.3, 0.4) is 0 Å². The summed E-state index contributed by atoms with van der Waals surface area (Å²) in [5, 5.41) is 0. The van der Waals surface area contributed by atoms with E-state index in [9.17, 15) is 4.39 Å². The van der Waals surface area contributed by atoms with E-state index in [0.29, 0.717) is 12.1 Å². The Labute approximate surface area is 110 Å². The lowest BCUT2D eigenvalue weighted by Crippen LogP contribution is -2.55. The van der Waals surface area contributed by atoms with Crippen molar-refractivity contribution in [1.82, 2.24) is 9.80 Å². The molecule has 0 saturated carbocycles. The Morgan fingerprint density at radius 2 is 1.94 bits per heavy atom. The Morgan fingerprint density at radius 3 is 2.50 bits per heavy atom. The van der Waals surface area contributed by atoms with Gasteiger partial charge in [-0.2, -0.15) is 0 Å². The van der Waals surface area contributed by atoms with Gasteiger partial charge in [0.25, 0.3) is 0 Å². The molecular formula is C15H25FN2. The predicted molar refractivity (Wildman–Crippen MR) is 76.3 cm³/mol. The Kier molecular flexibility index (Phi) is 5.76. The minimum Gasteiger partial charge on any atom is -0.301 e. The minimum absolute atomic E-state index is 0.172. The summed E-state index contributed by atoms with van der Waals surface area (Å²) in [6.45, 7) is 12.7. The lowest BCUT2D eigenvalue weighted by Gasteiger charge is -2.42. The number of rotatable bonds is 4. The second-order valence-electron chi connectivity index (χ2n) is 5.27. The van der Waals surface area contributed by atoms with Crippen molar-refractivity contribution >= 4 is 0 Å². The number of hydrogen-bond donors (Lipinski definition) is 0. The highest BCUT2D eigenvalue weighted by Gasteiger charge is 2.26. The summed E-state index contributed by atoms with van der Waals surface area (Å²) in [5.74, 6) is -0.172. The molecule has 1 heterocycles. The molecule has 1 aliphatic heterocycles. The van der Waals surface area contributed by atoms with Gasteiger partial charge in [-0.05, 0) is 39.5 Å². The van der Waals surface area contributed by atoms with Crippen molar-refractivity contribution in [3.63, 3.8) is 0 Å². The van der Waals surface area contributed by atoms with Gasteiger partial charge in [-0.1, -0.05) is 18.7 Å². The van der Waals surface area contributed by atoms with Gasteiger partial charge >= 0.3 is 0 Å². The first kappa shape index (κ1) is 15.1. The van der Waals surface area contributed by atoms with Crippen molar-refractivity contribution in [3.8, 4) is 0 Å². The fourth-order valence-corrected chi connectivity index (χ4v) is 2.23. The molecule has 0 aliphatic carbocycles. The fraction of sp³-hybridized carbons (Fsp3) is 0.600. The lowest BCUT2D eigenvalue weighted by molar-refractivity contribution is 0.0678. The molecule has 0 radical (unpaired) electrons. The third kappa shape index (κ3) is 4.39. The van der Waals surface area contributed by atoms with Gasteiger partial charge in [-0.3, -0.25) is 4.90 Å². The molecule has 1 unspecified atom stereocenters. The third-order valence-electron chi connectivity index (χ3n) is 3.60. The van der Waals surface area contributed by atoms with Crippen molar-refractivity contribution in [2.24, 2.45) is 0 Å². The Bertz CT molecular complexity index is 342. The van der Waals surface area contributed by atoms with E-state index in [1.54, 1.807) is 0 Å². The summed E-state index contributed by atoms with van der Waals surface area (Å²) in [7, 11) is 2.16. The monoisotopic (exact) mass is 252 g/mol. The molecule has 2 nitrogen and oxygen atoms in total. The molecule has 0 bridgehead atoms. The Morgan fingerprint density at radius 1 is 1.28 bits per heavy atom. The second-order valence-corrected chi connectivity index (χ2v) is 5.27. The van der Waals surface area contributed by atoms with Gasteiger partial charge in [-0.25, -0.2) is 4.39 Å². The highest BCUT2D eigenvalue weighted by molar-refractivity contribution is 5.24. The maximum Gasteiger partial charge on any atom is 0.0968 e.